The second-order valence-corrected chi connectivity index (χ2v) is 4.54. The van der Waals surface area contributed by atoms with E-state index >= 15 is 0 Å². The van der Waals surface area contributed by atoms with Gasteiger partial charge >= 0.3 is 0 Å². The fourth-order valence-electron chi connectivity index (χ4n) is 1.59. The molecule has 0 aliphatic carbocycles. The molecule has 1 aromatic rings. The van der Waals surface area contributed by atoms with Gasteiger partial charge in [-0.2, -0.15) is 0 Å². The zero-order chi connectivity index (χ0) is 13.5. The number of aliphatic hydroxyl groups is 1. The molecular weight excluding hydrogens is 257 g/mol. The van der Waals surface area contributed by atoms with Crippen molar-refractivity contribution in [2.24, 2.45) is 0 Å². The van der Waals surface area contributed by atoms with E-state index in [1.165, 1.54) is 17.0 Å². The van der Waals surface area contributed by atoms with Gasteiger partial charge in [0.2, 0.25) is 5.91 Å². The Morgan fingerprint density at radius 3 is 2.78 bits per heavy atom. The number of amides is 1. The van der Waals surface area contributed by atoms with Crippen LogP contribution in [0.15, 0.2) is 18.2 Å². The Balaban J connectivity index is 2.58. The van der Waals surface area contributed by atoms with Gasteiger partial charge in [0.15, 0.2) is 0 Å². The van der Waals surface area contributed by atoms with Crippen molar-refractivity contribution in [2.75, 3.05) is 13.7 Å². The van der Waals surface area contributed by atoms with Crippen molar-refractivity contribution >= 4 is 17.5 Å². The lowest BCUT2D eigenvalue weighted by atomic mass is 10.2. The predicted molar refractivity (Wildman–Crippen MR) is 68.8 cm³/mol. The Bertz CT molecular complexity index is 392. The molecule has 1 aromatic carbocycles. The van der Waals surface area contributed by atoms with Gasteiger partial charge in [-0.1, -0.05) is 17.7 Å². The molecule has 5 heteroatoms. The molecule has 0 saturated carbocycles. The highest BCUT2D eigenvalue weighted by Gasteiger charge is 2.13. The maximum Gasteiger partial charge on any atom is 0.222 e. The van der Waals surface area contributed by atoms with Gasteiger partial charge in [0, 0.05) is 37.2 Å². The fourth-order valence-corrected chi connectivity index (χ4v) is 1.81. The predicted octanol–water partition coefficient (Wildman–Crippen LogP) is 2.60. The van der Waals surface area contributed by atoms with Gasteiger partial charge in [-0.25, -0.2) is 4.39 Å². The average molecular weight is 274 g/mol. The van der Waals surface area contributed by atoms with Crippen LogP contribution in [0.1, 0.15) is 24.8 Å². The number of rotatable bonds is 6. The number of halogens is 2. The topological polar surface area (TPSA) is 40.5 Å². The number of benzene rings is 1. The summed E-state index contributed by atoms with van der Waals surface area (Å²) in [4.78, 5) is 13.2. The van der Waals surface area contributed by atoms with E-state index in [4.69, 9.17) is 16.7 Å². The summed E-state index contributed by atoms with van der Waals surface area (Å²) in [5.41, 5.74) is 0.331. The normalized spacial score (nSPS) is 10.4. The quantitative estimate of drug-likeness (QED) is 0.810. The van der Waals surface area contributed by atoms with E-state index in [9.17, 15) is 9.18 Å². The van der Waals surface area contributed by atoms with Crippen LogP contribution in [0.25, 0.3) is 0 Å². The number of unbranched alkanes of at least 4 members (excludes halogenated alkanes) is 1. The lowest BCUT2D eigenvalue weighted by Crippen LogP contribution is -2.26. The van der Waals surface area contributed by atoms with Gasteiger partial charge in [0.1, 0.15) is 5.82 Å². The monoisotopic (exact) mass is 273 g/mol. The smallest absolute Gasteiger partial charge is 0.222 e. The lowest BCUT2D eigenvalue weighted by Gasteiger charge is -2.18. The first-order valence-electron chi connectivity index (χ1n) is 5.84. The largest absolute Gasteiger partial charge is 0.396 e. The number of carbonyl (C=O) groups is 1. The van der Waals surface area contributed by atoms with Crippen molar-refractivity contribution in [2.45, 2.75) is 25.8 Å². The highest BCUT2D eigenvalue weighted by Crippen LogP contribution is 2.20. The maximum absolute atomic E-state index is 13.5. The molecule has 0 radical (unpaired) electrons. The molecule has 1 rings (SSSR count). The second-order valence-electron chi connectivity index (χ2n) is 4.13. The van der Waals surface area contributed by atoms with Crippen LogP contribution in [-0.2, 0) is 11.3 Å². The van der Waals surface area contributed by atoms with Crippen LogP contribution in [0.3, 0.4) is 0 Å². The third-order valence-corrected chi connectivity index (χ3v) is 3.04. The Kier molecular flexibility index (Phi) is 6.09. The Morgan fingerprint density at radius 1 is 1.44 bits per heavy atom. The first-order chi connectivity index (χ1) is 8.56. The number of hydrogen-bond acceptors (Lipinski definition) is 2. The van der Waals surface area contributed by atoms with Crippen LogP contribution in [0, 0.1) is 5.82 Å². The minimum absolute atomic E-state index is 0.0795. The molecular formula is C13H17ClFNO2. The molecule has 0 aliphatic rings. The van der Waals surface area contributed by atoms with Crippen LogP contribution in [0.2, 0.25) is 5.02 Å². The molecule has 1 N–H and O–H groups in total. The van der Waals surface area contributed by atoms with Crippen molar-refractivity contribution in [3.05, 3.63) is 34.6 Å². The maximum atomic E-state index is 13.5. The van der Waals surface area contributed by atoms with Crippen molar-refractivity contribution in [1.29, 1.82) is 0 Å². The summed E-state index contributed by atoms with van der Waals surface area (Å²) in [6.07, 6.45) is 1.58. The first-order valence-corrected chi connectivity index (χ1v) is 6.21. The van der Waals surface area contributed by atoms with Crippen LogP contribution >= 0.6 is 11.6 Å². The van der Waals surface area contributed by atoms with E-state index in [1.807, 2.05) is 0 Å². The van der Waals surface area contributed by atoms with E-state index in [1.54, 1.807) is 13.1 Å². The molecule has 0 saturated heterocycles. The molecule has 0 unspecified atom stereocenters. The highest BCUT2D eigenvalue weighted by atomic mass is 35.5. The molecule has 3 nitrogen and oxygen atoms in total. The number of carbonyl (C=O) groups excluding carboxylic acids is 1. The lowest BCUT2D eigenvalue weighted by molar-refractivity contribution is -0.130. The molecule has 0 atom stereocenters. The second kappa shape index (κ2) is 7.34. The van der Waals surface area contributed by atoms with Gasteiger partial charge in [-0.15, -0.1) is 0 Å². The Labute approximate surface area is 111 Å². The van der Waals surface area contributed by atoms with Crippen molar-refractivity contribution in [3.63, 3.8) is 0 Å². The van der Waals surface area contributed by atoms with Crippen molar-refractivity contribution in [3.8, 4) is 0 Å². The summed E-state index contributed by atoms with van der Waals surface area (Å²) in [6.45, 7) is 0.236. The number of hydrogen-bond donors (Lipinski definition) is 1. The zero-order valence-electron chi connectivity index (χ0n) is 10.3. The van der Waals surface area contributed by atoms with Gasteiger partial charge in [0.05, 0.1) is 0 Å². The molecule has 0 aliphatic heterocycles. The fraction of sp³-hybridized carbons (Fsp3) is 0.462. The van der Waals surface area contributed by atoms with Gasteiger partial charge in [-0.3, -0.25) is 4.79 Å². The van der Waals surface area contributed by atoms with Crippen LogP contribution < -0.4 is 0 Å². The zero-order valence-corrected chi connectivity index (χ0v) is 11.1. The van der Waals surface area contributed by atoms with Crippen molar-refractivity contribution < 1.29 is 14.3 Å². The van der Waals surface area contributed by atoms with Crippen LogP contribution in [-0.4, -0.2) is 29.6 Å². The van der Waals surface area contributed by atoms with Gasteiger partial charge in [-0.05, 0) is 25.0 Å². The Hall–Kier alpha value is -1.13. The number of aliphatic hydroxyl groups excluding tert-OH is 1. The van der Waals surface area contributed by atoms with Crippen LogP contribution in [0.5, 0.6) is 0 Å². The molecule has 0 fully saturated rings. The van der Waals surface area contributed by atoms with Crippen molar-refractivity contribution in [1.82, 2.24) is 4.90 Å². The summed E-state index contributed by atoms with van der Waals surface area (Å²) >= 11 is 5.89. The molecule has 100 valence electrons. The molecule has 0 spiro atoms. The number of nitrogens with zero attached hydrogens (tertiary/aromatic N) is 1. The minimum atomic E-state index is -0.405. The van der Waals surface area contributed by atoms with Gasteiger partial charge < -0.3 is 10.0 Å². The third kappa shape index (κ3) is 4.27. The van der Waals surface area contributed by atoms with E-state index in [2.05, 4.69) is 0 Å². The standard InChI is InChI=1S/C13H17ClFNO2/c1-16(13(18)7-2-3-8-17)9-10-11(14)5-4-6-12(10)15/h4-6,17H,2-3,7-9H2,1H3. The molecule has 1 amide bonds. The van der Waals surface area contributed by atoms with Gasteiger partial charge in [0.25, 0.3) is 0 Å². The molecule has 0 aromatic heterocycles. The van der Waals surface area contributed by atoms with E-state index < -0.39 is 5.82 Å². The summed E-state index contributed by atoms with van der Waals surface area (Å²) in [5.74, 6) is -0.486. The molecule has 0 bridgehead atoms. The average Bonchev–Trinajstić information content (AvgIpc) is 2.34. The molecule has 18 heavy (non-hydrogen) atoms. The van der Waals surface area contributed by atoms with E-state index in [-0.39, 0.29) is 19.1 Å². The van der Waals surface area contributed by atoms with E-state index in [0.29, 0.717) is 29.8 Å². The van der Waals surface area contributed by atoms with E-state index in [0.717, 1.165) is 0 Å². The summed E-state index contributed by atoms with van der Waals surface area (Å²) in [7, 11) is 1.62. The third-order valence-electron chi connectivity index (χ3n) is 2.68. The summed E-state index contributed by atoms with van der Waals surface area (Å²) in [5, 5.41) is 8.96. The Morgan fingerprint density at radius 2 is 2.17 bits per heavy atom. The minimum Gasteiger partial charge on any atom is -0.396 e. The SMILES string of the molecule is CN(Cc1c(F)cccc1Cl)C(=O)CCCCO. The summed E-state index contributed by atoms with van der Waals surface area (Å²) < 4.78 is 13.5. The molecule has 0 heterocycles. The van der Waals surface area contributed by atoms with Crippen LogP contribution in [0.4, 0.5) is 4.39 Å². The summed E-state index contributed by atoms with van der Waals surface area (Å²) in [6, 6.07) is 4.46. The highest BCUT2D eigenvalue weighted by molar-refractivity contribution is 6.31. The first kappa shape index (κ1) is 14.9.